The van der Waals surface area contributed by atoms with Crippen LogP contribution in [0.15, 0.2) is 47.3 Å². The first-order valence-electron chi connectivity index (χ1n) is 5.96. The fraction of sp³-hybridized carbons (Fsp3) is 0.267. The van der Waals surface area contributed by atoms with Gasteiger partial charge in [-0.05, 0) is 31.5 Å². The van der Waals surface area contributed by atoms with E-state index in [2.05, 4.69) is 0 Å². The van der Waals surface area contributed by atoms with Gasteiger partial charge in [0.2, 0.25) is 0 Å². The molecule has 1 heterocycles. The molecular weight excluding hydrogens is 224 g/mol. The zero-order valence-corrected chi connectivity index (χ0v) is 11.0. The summed E-state index contributed by atoms with van der Waals surface area (Å²) < 4.78 is 1.65. The summed E-state index contributed by atoms with van der Waals surface area (Å²) in [6.45, 7) is 3.68. The molecule has 0 aliphatic heterocycles. The van der Waals surface area contributed by atoms with Crippen LogP contribution in [-0.4, -0.2) is 4.57 Å². The van der Waals surface area contributed by atoms with Crippen LogP contribution in [0, 0.1) is 0 Å². The van der Waals surface area contributed by atoms with Crippen molar-refractivity contribution in [3.63, 3.8) is 0 Å². The van der Waals surface area contributed by atoms with Gasteiger partial charge < -0.3 is 10.3 Å². The summed E-state index contributed by atoms with van der Waals surface area (Å²) in [7, 11) is 1.78. The van der Waals surface area contributed by atoms with Gasteiger partial charge in [0, 0.05) is 18.2 Å². The first kappa shape index (κ1) is 12.6. The third-order valence-electron chi connectivity index (χ3n) is 3.07. The molecule has 0 radical (unpaired) electrons. The largest absolute Gasteiger partial charge is 0.322 e. The lowest BCUT2D eigenvalue weighted by Crippen LogP contribution is -2.37. The minimum Gasteiger partial charge on any atom is -0.322 e. The van der Waals surface area contributed by atoms with Crippen LogP contribution in [0.25, 0.3) is 11.3 Å². The van der Waals surface area contributed by atoms with Gasteiger partial charge in [-0.15, -0.1) is 0 Å². The molecule has 0 fully saturated rings. The molecule has 2 aromatic rings. The van der Waals surface area contributed by atoms with E-state index in [-0.39, 0.29) is 5.56 Å². The molecule has 1 aromatic carbocycles. The molecule has 2 rings (SSSR count). The van der Waals surface area contributed by atoms with E-state index < -0.39 is 5.54 Å². The summed E-state index contributed by atoms with van der Waals surface area (Å²) in [5.74, 6) is 0. The SMILES string of the molecule is Cn1c(-c2ccccc2)ccc(C(C)(C)N)c1=O. The molecule has 18 heavy (non-hydrogen) atoms. The van der Waals surface area contributed by atoms with E-state index in [4.69, 9.17) is 5.73 Å². The Morgan fingerprint density at radius 2 is 1.67 bits per heavy atom. The summed E-state index contributed by atoms with van der Waals surface area (Å²) in [5.41, 5.74) is 7.90. The number of nitrogens with zero attached hydrogens (tertiary/aromatic N) is 1. The third kappa shape index (κ3) is 2.22. The maximum Gasteiger partial charge on any atom is 0.255 e. The van der Waals surface area contributed by atoms with Gasteiger partial charge in [0.05, 0.1) is 5.69 Å². The first-order chi connectivity index (χ1) is 8.41. The molecule has 0 amide bonds. The van der Waals surface area contributed by atoms with E-state index >= 15 is 0 Å². The zero-order valence-electron chi connectivity index (χ0n) is 11.0. The van der Waals surface area contributed by atoms with Gasteiger partial charge in [0.1, 0.15) is 0 Å². The van der Waals surface area contributed by atoms with Crippen molar-refractivity contribution >= 4 is 0 Å². The number of rotatable bonds is 2. The lowest BCUT2D eigenvalue weighted by molar-refractivity contribution is 0.541. The Morgan fingerprint density at radius 3 is 2.22 bits per heavy atom. The molecule has 0 saturated carbocycles. The number of hydrogen-bond donors (Lipinski definition) is 1. The average molecular weight is 242 g/mol. The molecular formula is C15H18N2O. The van der Waals surface area contributed by atoms with Crippen molar-refractivity contribution in [2.45, 2.75) is 19.4 Å². The molecule has 0 aliphatic carbocycles. The lowest BCUT2D eigenvalue weighted by Gasteiger charge is -2.20. The number of pyridine rings is 1. The standard InChI is InChI=1S/C15H18N2O/c1-15(2,16)12-9-10-13(17(3)14(12)18)11-7-5-4-6-8-11/h4-10H,16H2,1-3H3. The molecule has 0 unspecified atom stereocenters. The zero-order chi connectivity index (χ0) is 13.3. The van der Waals surface area contributed by atoms with E-state index in [1.807, 2.05) is 56.3 Å². The van der Waals surface area contributed by atoms with Crippen LogP contribution in [0.3, 0.4) is 0 Å². The minimum absolute atomic E-state index is 0.0381. The van der Waals surface area contributed by atoms with Gasteiger partial charge in [-0.25, -0.2) is 0 Å². The van der Waals surface area contributed by atoms with Gasteiger partial charge in [-0.2, -0.15) is 0 Å². The Morgan fingerprint density at radius 1 is 1.06 bits per heavy atom. The van der Waals surface area contributed by atoms with E-state index in [0.29, 0.717) is 5.56 Å². The first-order valence-corrected chi connectivity index (χ1v) is 5.96. The van der Waals surface area contributed by atoms with Crippen molar-refractivity contribution in [3.05, 3.63) is 58.4 Å². The van der Waals surface area contributed by atoms with Crippen molar-refractivity contribution in [1.82, 2.24) is 4.57 Å². The predicted molar refractivity (Wildman–Crippen MR) is 74.3 cm³/mol. The molecule has 3 nitrogen and oxygen atoms in total. The number of benzene rings is 1. The van der Waals surface area contributed by atoms with E-state index in [1.54, 1.807) is 11.6 Å². The Bertz CT molecular complexity index is 607. The van der Waals surface area contributed by atoms with Gasteiger partial charge in [-0.3, -0.25) is 4.79 Å². The second-order valence-electron chi connectivity index (χ2n) is 5.08. The van der Waals surface area contributed by atoms with Crippen LogP contribution < -0.4 is 11.3 Å². The smallest absolute Gasteiger partial charge is 0.255 e. The highest BCUT2D eigenvalue weighted by Crippen LogP contribution is 2.19. The molecule has 0 saturated heterocycles. The molecule has 0 bridgehead atoms. The van der Waals surface area contributed by atoms with Gasteiger partial charge >= 0.3 is 0 Å². The highest BCUT2D eigenvalue weighted by molar-refractivity contribution is 5.59. The van der Waals surface area contributed by atoms with Gasteiger partial charge in [-0.1, -0.05) is 30.3 Å². The average Bonchev–Trinajstić information content (AvgIpc) is 2.32. The maximum absolute atomic E-state index is 12.3. The van der Waals surface area contributed by atoms with Crippen LogP contribution in [-0.2, 0) is 12.6 Å². The van der Waals surface area contributed by atoms with Crippen LogP contribution in [0.5, 0.6) is 0 Å². The quantitative estimate of drug-likeness (QED) is 0.878. The summed E-state index contributed by atoms with van der Waals surface area (Å²) in [6, 6.07) is 13.6. The normalized spacial score (nSPS) is 11.6. The molecule has 94 valence electrons. The van der Waals surface area contributed by atoms with Crippen LogP contribution in [0.1, 0.15) is 19.4 Å². The summed E-state index contributed by atoms with van der Waals surface area (Å²) in [5, 5.41) is 0. The molecule has 1 aromatic heterocycles. The summed E-state index contributed by atoms with van der Waals surface area (Å²) in [4.78, 5) is 12.3. The number of hydrogen-bond acceptors (Lipinski definition) is 2. The predicted octanol–water partition coefficient (Wildman–Crippen LogP) is 2.25. The monoisotopic (exact) mass is 242 g/mol. The highest BCUT2D eigenvalue weighted by Gasteiger charge is 2.19. The number of nitrogens with two attached hydrogens (primary N) is 1. The van der Waals surface area contributed by atoms with Crippen molar-refractivity contribution in [1.29, 1.82) is 0 Å². The number of aromatic nitrogens is 1. The van der Waals surface area contributed by atoms with E-state index in [9.17, 15) is 4.79 Å². The highest BCUT2D eigenvalue weighted by atomic mass is 16.1. The van der Waals surface area contributed by atoms with Gasteiger partial charge in [0.15, 0.2) is 0 Å². The molecule has 0 aliphatic rings. The Balaban J connectivity index is 2.62. The van der Waals surface area contributed by atoms with Crippen LogP contribution in [0.2, 0.25) is 0 Å². The van der Waals surface area contributed by atoms with Crippen molar-refractivity contribution in [3.8, 4) is 11.3 Å². The fourth-order valence-electron chi connectivity index (χ4n) is 2.02. The Hall–Kier alpha value is -1.87. The molecule has 0 atom stereocenters. The lowest BCUT2D eigenvalue weighted by atomic mass is 9.96. The maximum atomic E-state index is 12.3. The van der Waals surface area contributed by atoms with E-state index in [0.717, 1.165) is 11.3 Å². The Kier molecular flexibility index (Phi) is 3.09. The summed E-state index contributed by atoms with van der Waals surface area (Å²) >= 11 is 0. The van der Waals surface area contributed by atoms with Crippen molar-refractivity contribution < 1.29 is 0 Å². The summed E-state index contributed by atoms with van der Waals surface area (Å²) in [6.07, 6.45) is 0. The van der Waals surface area contributed by atoms with Crippen LogP contribution in [0.4, 0.5) is 0 Å². The van der Waals surface area contributed by atoms with Crippen molar-refractivity contribution in [2.75, 3.05) is 0 Å². The Labute approximate surface area is 107 Å². The third-order valence-corrected chi connectivity index (χ3v) is 3.07. The fourth-order valence-corrected chi connectivity index (χ4v) is 2.02. The molecule has 2 N–H and O–H groups in total. The second-order valence-corrected chi connectivity index (χ2v) is 5.08. The van der Waals surface area contributed by atoms with Gasteiger partial charge in [0.25, 0.3) is 5.56 Å². The van der Waals surface area contributed by atoms with E-state index in [1.165, 1.54) is 0 Å². The molecule has 0 spiro atoms. The van der Waals surface area contributed by atoms with Crippen molar-refractivity contribution in [2.24, 2.45) is 12.8 Å². The van der Waals surface area contributed by atoms with Crippen LogP contribution >= 0.6 is 0 Å². The molecule has 3 heteroatoms. The minimum atomic E-state index is -0.621. The second kappa shape index (κ2) is 4.42. The topological polar surface area (TPSA) is 48.0 Å².